The van der Waals surface area contributed by atoms with E-state index in [-0.39, 0.29) is 30.1 Å². The van der Waals surface area contributed by atoms with Crippen LogP contribution in [-0.4, -0.2) is 64.9 Å². The summed E-state index contributed by atoms with van der Waals surface area (Å²) in [6.45, 7) is 3.29. The van der Waals surface area contributed by atoms with Crippen molar-refractivity contribution >= 4 is 27.8 Å². The van der Waals surface area contributed by atoms with E-state index < -0.39 is 52.3 Å². The zero-order valence-corrected chi connectivity index (χ0v) is 22.0. The van der Waals surface area contributed by atoms with Crippen LogP contribution in [0.5, 0.6) is 0 Å². The Morgan fingerprint density at radius 1 is 1.13 bits per heavy atom. The maximum absolute atomic E-state index is 13.8. The lowest BCUT2D eigenvalue weighted by atomic mass is 10.0. The van der Waals surface area contributed by atoms with E-state index >= 15 is 0 Å². The molecule has 3 aromatic rings. The van der Waals surface area contributed by atoms with Gasteiger partial charge in [0.15, 0.2) is 11.9 Å². The largest absolute Gasteiger partial charge is 0.481 e. The number of amides is 2. The number of aromatic nitrogens is 1. The second kappa shape index (κ2) is 11.3. The SMILES string of the molecule is Cc1cccc(C(CC(=O)O)NC(=O)C2N(C(=O)c3cc(C)on3)CCCN2S(=O)(=O)c2ccc(F)cc2)c1. The summed E-state index contributed by atoms with van der Waals surface area (Å²) in [4.78, 5) is 39.7. The van der Waals surface area contributed by atoms with Crippen molar-refractivity contribution in [1.29, 1.82) is 0 Å². The number of nitrogens with zero attached hydrogens (tertiary/aromatic N) is 3. The first-order chi connectivity index (χ1) is 18.5. The summed E-state index contributed by atoms with van der Waals surface area (Å²) < 4.78 is 46.7. The number of aliphatic carboxylic acids is 1. The predicted octanol–water partition coefficient (Wildman–Crippen LogP) is 2.63. The number of aryl methyl sites for hydroxylation is 2. The van der Waals surface area contributed by atoms with E-state index in [0.717, 1.165) is 39.0 Å². The van der Waals surface area contributed by atoms with E-state index in [4.69, 9.17) is 4.52 Å². The number of nitrogens with one attached hydrogen (secondary N) is 1. The van der Waals surface area contributed by atoms with Crippen molar-refractivity contribution in [2.24, 2.45) is 0 Å². The Hall–Kier alpha value is -4.10. The molecule has 0 spiro atoms. The number of sulfonamides is 1. The third kappa shape index (κ3) is 6.15. The molecule has 1 aliphatic heterocycles. The van der Waals surface area contributed by atoms with E-state index in [0.29, 0.717) is 11.3 Å². The van der Waals surface area contributed by atoms with E-state index in [9.17, 15) is 32.3 Å². The minimum Gasteiger partial charge on any atom is -0.481 e. The Balaban J connectivity index is 1.76. The quantitative estimate of drug-likeness (QED) is 0.428. The number of halogens is 1. The summed E-state index contributed by atoms with van der Waals surface area (Å²) in [6.07, 6.45) is -1.97. The average Bonchev–Trinajstić information content (AvgIpc) is 3.33. The average molecular weight is 559 g/mol. The molecule has 2 unspecified atom stereocenters. The molecule has 11 nitrogen and oxygen atoms in total. The Morgan fingerprint density at radius 3 is 2.46 bits per heavy atom. The molecule has 0 saturated carbocycles. The molecule has 0 bridgehead atoms. The second-order valence-electron chi connectivity index (χ2n) is 9.19. The van der Waals surface area contributed by atoms with E-state index in [1.807, 2.05) is 13.0 Å². The maximum atomic E-state index is 13.8. The maximum Gasteiger partial charge on any atom is 0.305 e. The second-order valence-corrected chi connectivity index (χ2v) is 11.1. The standard InChI is InChI=1S/C26H27FN4O7S/c1-16-5-3-6-18(13-16)21(15-23(32)33)28-24(34)25-30(26(35)22-14-17(2)38-29-22)11-4-12-31(25)39(36,37)20-9-7-19(27)8-10-20/h3,5-10,13-14,21,25H,4,11-12,15H2,1-2H3,(H,28,34)(H,32,33). The lowest BCUT2D eigenvalue weighted by Crippen LogP contribution is -2.63. The van der Waals surface area contributed by atoms with Gasteiger partial charge >= 0.3 is 5.97 Å². The summed E-state index contributed by atoms with van der Waals surface area (Å²) >= 11 is 0. The molecule has 2 N–H and O–H groups in total. The van der Waals surface area contributed by atoms with Gasteiger partial charge in [0.05, 0.1) is 17.4 Å². The van der Waals surface area contributed by atoms with E-state index in [1.54, 1.807) is 25.1 Å². The molecule has 2 aromatic carbocycles. The molecule has 206 valence electrons. The van der Waals surface area contributed by atoms with Crippen molar-refractivity contribution in [2.75, 3.05) is 13.1 Å². The van der Waals surface area contributed by atoms with Gasteiger partial charge in [0, 0.05) is 19.2 Å². The minimum absolute atomic E-state index is 0.0201. The summed E-state index contributed by atoms with van der Waals surface area (Å²) in [7, 11) is -4.39. The van der Waals surface area contributed by atoms with Crippen molar-refractivity contribution in [2.45, 2.75) is 43.8 Å². The van der Waals surface area contributed by atoms with Crippen molar-refractivity contribution < 1.29 is 36.8 Å². The number of benzene rings is 2. The summed E-state index contributed by atoms with van der Waals surface area (Å²) in [5.41, 5.74) is 1.21. The zero-order valence-electron chi connectivity index (χ0n) is 21.2. The monoisotopic (exact) mass is 558 g/mol. The van der Waals surface area contributed by atoms with Crippen LogP contribution < -0.4 is 5.32 Å². The molecular formula is C26H27FN4O7S. The summed E-state index contributed by atoms with van der Waals surface area (Å²) in [5.74, 6) is -3.13. The Labute approximate surface area is 224 Å². The van der Waals surface area contributed by atoms with Gasteiger partial charge in [0.1, 0.15) is 11.6 Å². The molecular weight excluding hydrogens is 531 g/mol. The van der Waals surface area contributed by atoms with Crippen LogP contribution in [0.4, 0.5) is 4.39 Å². The van der Waals surface area contributed by atoms with Crippen molar-refractivity contribution in [1.82, 2.24) is 19.7 Å². The highest BCUT2D eigenvalue weighted by Crippen LogP contribution is 2.27. The highest BCUT2D eigenvalue weighted by Gasteiger charge is 2.45. The van der Waals surface area contributed by atoms with Crippen LogP contribution in [0, 0.1) is 19.7 Å². The fourth-order valence-corrected chi connectivity index (χ4v) is 6.04. The van der Waals surface area contributed by atoms with Crippen LogP contribution in [0.3, 0.4) is 0 Å². The lowest BCUT2D eigenvalue weighted by molar-refractivity contribution is -0.138. The highest BCUT2D eigenvalue weighted by molar-refractivity contribution is 7.89. The van der Waals surface area contributed by atoms with Crippen LogP contribution in [0.1, 0.15) is 46.3 Å². The zero-order chi connectivity index (χ0) is 28.3. The van der Waals surface area contributed by atoms with Gasteiger partial charge in [-0.15, -0.1) is 0 Å². The normalized spacial score (nSPS) is 17.0. The number of hydrogen-bond donors (Lipinski definition) is 2. The molecule has 1 fully saturated rings. The molecule has 0 radical (unpaired) electrons. The Kier molecular flexibility index (Phi) is 8.11. The molecule has 0 aliphatic carbocycles. The van der Waals surface area contributed by atoms with Crippen LogP contribution in [-0.2, 0) is 19.6 Å². The first-order valence-electron chi connectivity index (χ1n) is 12.1. The van der Waals surface area contributed by atoms with Crippen LogP contribution in [0.25, 0.3) is 0 Å². The number of hydrogen-bond acceptors (Lipinski definition) is 7. The van der Waals surface area contributed by atoms with Gasteiger partial charge in [0.25, 0.3) is 11.8 Å². The van der Waals surface area contributed by atoms with Crippen LogP contribution in [0.15, 0.2) is 64.0 Å². The smallest absolute Gasteiger partial charge is 0.305 e. The van der Waals surface area contributed by atoms with Gasteiger partial charge in [-0.3, -0.25) is 14.4 Å². The first kappa shape index (κ1) is 27.9. The third-order valence-corrected chi connectivity index (χ3v) is 8.12. The number of carboxylic acids is 1. The Bertz CT molecular complexity index is 1490. The summed E-state index contributed by atoms with van der Waals surface area (Å²) in [6, 6.07) is 11.3. The number of rotatable bonds is 8. The van der Waals surface area contributed by atoms with Gasteiger partial charge in [-0.1, -0.05) is 35.0 Å². The third-order valence-electron chi connectivity index (χ3n) is 6.25. The van der Waals surface area contributed by atoms with Gasteiger partial charge < -0.3 is 19.8 Å². The number of carbonyl (C=O) groups is 3. The Morgan fingerprint density at radius 2 is 1.85 bits per heavy atom. The van der Waals surface area contributed by atoms with Crippen molar-refractivity contribution in [3.63, 3.8) is 0 Å². The molecule has 2 heterocycles. The molecule has 1 aromatic heterocycles. The van der Waals surface area contributed by atoms with Crippen molar-refractivity contribution in [3.05, 3.63) is 83.0 Å². The summed E-state index contributed by atoms with van der Waals surface area (Å²) in [5, 5.41) is 15.9. The molecule has 1 saturated heterocycles. The van der Waals surface area contributed by atoms with Crippen LogP contribution >= 0.6 is 0 Å². The van der Waals surface area contributed by atoms with E-state index in [2.05, 4.69) is 10.5 Å². The lowest BCUT2D eigenvalue weighted by Gasteiger charge is -2.42. The molecule has 39 heavy (non-hydrogen) atoms. The number of carbonyl (C=O) groups excluding carboxylic acids is 2. The molecule has 2 atom stereocenters. The molecule has 2 amide bonds. The molecule has 4 rings (SSSR count). The van der Waals surface area contributed by atoms with Gasteiger partial charge in [-0.2, -0.15) is 4.31 Å². The van der Waals surface area contributed by atoms with Crippen molar-refractivity contribution in [3.8, 4) is 0 Å². The minimum atomic E-state index is -4.39. The molecule has 13 heteroatoms. The van der Waals surface area contributed by atoms with Gasteiger partial charge in [0.2, 0.25) is 10.0 Å². The van der Waals surface area contributed by atoms with Crippen LogP contribution in [0.2, 0.25) is 0 Å². The fourth-order valence-electron chi connectivity index (χ4n) is 4.45. The highest BCUT2D eigenvalue weighted by atomic mass is 32.2. The topological polar surface area (TPSA) is 150 Å². The van der Waals surface area contributed by atoms with E-state index in [1.165, 1.54) is 6.07 Å². The first-order valence-corrected chi connectivity index (χ1v) is 13.5. The molecule has 1 aliphatic rings. The fraction of sp³-hybridized carbons (Fsp3) is 0.308. The predicted molar refractivity (Wildman–Crippen MR) is 135 cm³/mol. The van der Waals surface area contributed by atoms with Gasteiger partial charge in [-0.25, -0.2) is 12.8 Å². The number of carboxylic acid groups (broad SMARTS) is 1. The van der Waals surface area contributed by atoms with Gasteiger partial charge in [-0.05, 0) is 50.1 Å².